The number of carbonyl (C=O) groups excluding carboxylic acids is 2. The highest BCUT2D eigenvalue weighted by molar-refractivity contribution is 6.36. The molecule has 4 atom stereocenters. The monoisotopic (exact) mass is 759 g/mol. The Balaban J connectivity index is 1.32. The Hall–Kier alpha value is -6.04. The highest BCUT2D eigenvalue weighted by atomic mass is 35.5. The Morgan fingerprint density at radius 1 is 0.852 bits per heavy atom. The van der Waals surface area contributed by atoms with Gasteiger partial charge in [0.05, 0.1) is 47.4 Å². The van der Waals surface area contributed by atoms with Crippen LogP contribution in [0.25, 0.3) is 16.5 Å². The van der Waals surface area contributed by atoms with Gasteiger partial charge in [-0.25, -0.2) is 23.5 Å². The summed E-state index contributed by atoms with van der Waals surface area (Å²) < 4.78 is 9.36. The van der Waals surface area contributed by atoms with E-state index in [0.717, 1.165) is 15.0 Å². The normalized spacial score (nSPS) is 21.7. The maximum absolute atomic E-state index is 15.5. The number of allylic oxidation sites excluding steroid dienone is 2. The van der Waals surface area contributed by atoms with Crippen molar-refractivity contribution in [1.82, 2.24) is 18.9 Å². The van der Waals surface area contributed by atoms with E-state index in [9.17, 15) is 19.5 Å². The number of anilines is 1. The summed E-state index contributed by atoms with van der Waals surface area (Å²) in [6, 6.07) is 30.4. The summed E-state index contributed by atoms with van der Waals surface area (Å²) in [6.07, 6.45) is 1.84. The van der Waals surface area contributed by atoms with Crippen molar-refractivity contribution in [3.8, 4) is 17.2 Å². The Morgan fingerprint density at radius 3 is 2.33 bits per heavy atom. The van der Waals surface area contributed by atoms with Gasteiger partial charge in [0, 0.05) is 21.9 Å². The van der Waals surface area contributed by atoms with Crippen LogP contribution >= 0.6 is 23.2 Å². The van der Waals surface area contributed by atoms with Crippen molar-refractivity contribution in [3.05, 3.63) is 163 Å². The highest BCUT2D eigenvalue weighted by Crippen LogP contribution is 2.63. The summed E-state index contributed by atoms with van der Waals surface area (Å²) in [6.45, 7) is 0.0123. The number of hydrogen-bond acceptors (Lipinski definition) is 7. The van der Waals surface area contributed by atoms with Gasteiger partial charge < -0.3 is 9.84 Å². The number of phenols is 1. The van der Waals surface area contributed by atoms with Crippen LogP contribution < -0.4 is 21.5 Å². The lowest BCUT2D eigenvalue weighted by atomic mass is 9.53. The molecule has 1 aliphatic carbocycles. The number of nitrogens with zero attached hydrogens (tertiary/aromatic N) is 4. The maximum atomic E-state index is 15.5. The molecule has 5 aromatic carbocycles. The second kappa shape index (κ2) is 12.5. The van der Waals surface area contributed by atoms with E-state index in [4.69, 9.17) is 27.9 Å². The molecule has 0 spiro atoms. The van der Waals surface area contributed by atoms with Gasteiger partial charge in [-0.15, -0.1) is 0 Å². The molecule has 9 rings (SSSR count). The summed E-state index contributed by atoms with van der Waals surface area (Å²) >= 11 is 12.7. The van der Waals surface area contributed by atoms with Crippen LogP contribution in [-0.2, 0) is 21.5 Å². The number of benzene rings is 5. The summed E-state index contributed by atoms with van der Waals surface area (Å²) in [5.74, 6) is -2.75. The molecule has 3 aliphatic rings. The van der Waals surface area contributed by atoms with E-state index in [1.807, 2.05) is 30.3 Å². The van der Waals surface area contributed by atoms with Crippen LogP contribution in [0.5, 0.6) is 11.5 Å². The lowest BCUT2D eigenvalue weighted by molar-refractivity contribution is -0.138. The molecule has 6 aromatic rings. The molecular weight excluding hydrogens is 729 g/mol. The first-order valence-electron chi connectivity index (χ1n) is 17.3. The fourth-order valence-corrected chi connectivity index (χ4v) is 9.20. The minimum absolute atomic E-state index is 0.0123. The average Bonchev–Trinajstić information content (AvgIpc) is 3.57. The van der Waals surface area contributed by atoms with Crippen LogP contribution in [0.4, 0.5) is 5.69 Å². The molecule has 0 bridgehead atoms. The number of imide groups is 1. The van der Waals surface area contributed by atoms with Crippen molar-refractivity contribution in [2.75, 3.05) is 12.5 Å². The van der Waals surface area contributed by atoms with Gasteiger partial charge >= 0.3 is 11.4 Å². The van der Waals surface area contributed by atoms with E-state index in [2.05, 4.69) is 5.43 Å². The first kappa shape index (κ1) is 33.8. The van der Waals surface area contributed by atoms with E-state index in [-0.39, 0.29) is 29.4 Å². The van der Waals surface area contributed by atoms with Crippen LogP contribution in [-0.4, -0.2) is 43.0 Å². The molecule has 11 nitrogen and oxygen atoms in total. The second-order valence-electron chi connectivity index (χ2n) is 13.6. The van der Waals surface area contributed by atoms with Gasteiger partial charge in [-0.1, -0.05) is 96.0 Å². The zero-order valence-electron chi connectivity index (χ0n) is 28.6. The molecule has 270 valence electrons. The predicted molar refractivity (Wildman–Crippen MR) is 204 cm³/mol. The summed E-state index contributed by atoms with van der Waals surface area (Å²) in [5.41, 5.74) is 2.41. The molecule has 1 saturated carbocycles. The van der Waals surface area contributed by atoms with Crippen molar-refractivity contribution in [2.24, 2.45) is 5.92 Å². The number of phenolic OH excluding ortho intramolecular Hbond substituents is 1. The summed E-state index contributed by atoms with van der Waals surface area (Å²) in [4.78, 5) is 58.8. The van der Waals surface area contributed by atoms with E-state index in [1.54, 1.807) is 78.9 Å². The third kappa shape index (κ3) is 4.74. The lowest BCUT2D eigenvalue weighted by Gasteiger charge is -2.49. The molecule has 2 aliphatic heterocycles. The van der Waals surface area contributed by atoms with E-state index in [1.165, 1.54) is 22.5 Å². The lowest BCUT2D eigenvalue weighted by Crippen LogP contribution is -2.53. The quantitative estimate of drug-likeness (QED) is 0.145. The van der Waals surface area contributed by atoms with E-state index >= 15 is 4.79 Å². The van der Waals surface area contributed by atoms with Gasteiger partial charge in [-0.05, 0) is 65.4 Å². The Kier molecular flexibility index (Phi) is 7.84. The minimum atomic E-state index is -1.65. The molecule has 2 amide bonds. The molecular formula is C41H31Cl2N5O6. The molecule has 2 fully saturated rings. The zero-order chi connectivity index (χ0) is 37.5. The van der Waals surface area contributed by atoms with Crippen molar-refractivity contribution >= 4 is 51.5 Å². The number of para-hydroxylation sites is 1. The van der Waals surface area contributed by atoms with Gasteiger partial charge in [-0.2, -0.15) is 5.01 Å². The van der Waals surface area contributed by atoms with Crippen LogP contribution in [0.15, 0.2) is 130 Å². The van der Waals surface area contributed by atoms with Gasteiger partial charge in [0.25, 0.3) is 11.8 Å². The number of aromatic nitrogens is 3. The molecule has 54 heavy (non-hydrogen) atoms. The van der Waals surface area contributed by atoms with Crippen LogP contribution in [0, 0.1) is 5.92 Å². The highest BCUT2D eigenvalue weighted by Gasteiger charge is 2.69. The standard InChI is InChI=1S/C41H31Cl2N5O6/c1-54-27-15-12-24(13-16-27)41-31(37(50)47(38(41)51)44-33-18-14-25(42)21-32(33)43)22-34-29(35(41)30-17-11-23-7-5-6-10-28(23)36(30)49)19-20-45-39(52)46(40(53)48(34)45)26-8-3-2-4-9-26/h2-19,21,31,34-35,44,49H,20,22H2,1H3/t31-,34+,35+,41+/m0/s1. The number of aromatic hydroxyl groups is 1. The Morgan fingerprint density at radius 2 is 1.59 bits per heavy atom. The number of rotatable bonds is 6. The van der Waals surface area contributed by atoms with Crippen LogP contribution in [0.2, 0.25) is 10.0 Å². The number of amides is 2. The van der Waals surface area contributed by atoms with Crippen molar-refractivity contribution < 1.29 is 19.4 Å². The maximum Gasteiger partial charge on any atom is 0.352 e. The molecule has 3 heterocycles. The Bertz CT molecular complexity index is 2690. The number of fused-ring (bicyclic) bond motifs is 5. The smallest absolute Gasteiger partial charge is 0.352 e. The minimum Gasteiger partial charge on any atom is -0.507 e. The molecule has 13 heteroatoms. The Labute approximate surface area is 317 Å². The molecule has 0 unspecified atom stereocenters. The predicted octanol–water partition coefficient (Wildman–Crippen LogP) is 6.59. The number of ether oxygens (including phenoxy) is 1. The average molecular weight is 761 g/mol. The van der Waals surface area contributed by atoms with Gasteiger partial charge in [0.15, 0.2) is 0 Å². The number of methoxy groups -OCH3 is 1. The third-order valence-electron chi connectivity index (χ3n) is 11.1. The van der Waals surface area contributed by atoms with Gasteiger partial charge in [0.2, 0.25) is 0 Å². The summed E-state index contributed by atoms with van der Waals surface area (Å²) in [7, 11) is 1.54. The van der Waals surface area contributed by atoms with E-state index in [0.29, 0.717) is 38.5 Å². The topological polar surface area (TPSA) is 128 Å². The number of nitrogens with one attached hydrogen (secondary N) is 1. The number of halogens is 2. The van der Waals surface area contributed by atoms with Crippen LogP contribution in [0.1, 0.15) is 29.5 Å². The third-order valence-corrected chi connectivity index (χ3v) is 11.6. The number of hydrogen-bond donors (Lipinski definition) is 2. The van der Waals surface area contributed by atoms with Crippen molar-refractivity contribution in [2.45, 2.75) is 30.3 Å². The molecule has 1 saturated heterocycles. The first-order chi connectivity index (χ1) is 26.1. The number of carbonyl (C=O) groups is 2. The SMILES string of the molecule is COc1ccc([C@@]23C(=O)N(Nc4ccc(Cl)cc4Cl)C(=O)[C@@H]2C[C@@H]2C(=CCn4c(=O)n(-c5ccccc5)c(=O)n42)[C@@H]3c2ccc3ccccc3c2O)cc1. The van der Waals surface area contributed by atoms with Crippen molar-refractivity contribution in [1.29, 1.82) is 0 Å². The fourth-order valence-electron chi connectivity index (χ4n) is 8.75. The largest absolute Gasteiger partial charge is 0.507 e. The van der Waals surface area contributed by atoms with E-state index < -0.39 is 46.5 Å². The molecule has 0 radical (unpaired) electrons. The molecule has 2 N–H and O–H groups in total. The van der Waals surface area contributed by atoms with Crippen molar-refractivity contribution in [3.63, 3.8) is 0 Å². The van der Waals surface area contributed by atoms with Gasteiger partial charge in [-0.3, -0.25) is 15.0 Å². The molecule has 1 aromatic heterocycles. The van der Waals surface area contributed by atoms with Gasteiger partial charge in [0.1, 0.15) is 11.5 Å². The number of hydrazine groups is 1. The second-order valence-corrected chi connectivity index (χ2v) is 14.5. The summed E-state index contributed by atoms with van der Waals surface area (Å²) in [5, 5.41) is 15.1. The zero-order valence-corrected chi connectivity index (χ0v) is 30.2. The van der Waals surface area contributed by atoms with Crippen LogP contribution in [0.3, 0.4) is 0 Å². The fraction of sp³-hybridized carbons (Fsp3) is 0.171. The first-order valence-corrected chi connectivity index (χ1v) is 18.1.